The normalized spacial score (nSPS) is 12.5. The average molecular weight is 1300 g/mol. The molecule has 2 unspecified atom stereocenters. The highest BCUT2D eigenvalue weighted by Gasteiger charge is 2.18. The molecule has 546 valence electrons. The van der Waals surface area contributed by atoms with Crippen LogP contribution in [0.2, 0.25) is 0 Å². The minimum Gasteiger partial charge on any atom is -0.466 e. The largest absolute Gasteiger partial charge is 0.466 e. The van der Waals surface area contributed by atoms with Crippen molar-refractivity contribution in [2.75, 3.05) is 13.2 Å². The minimum absolute atomic E-state index is 0.0246. The third kappa shape index (κ3) is 77.3. The van der Waals surface area contributed by atoms with Crippen LogP contribution < -0.4 is 5.32 Å². The van der Waals surface area contributed by atoms with Crippen molar-refractivity contribution >= 4 is 11.9 Å². The van der Waals surface area contributed by atoms with E-state index >= 15 is 0 Å². The number of hydrogen-bond acceptors (Lipinski definition) is 5. The summed E-state index contributed by atoms with van der Waals surface area (Å²) in [6, 6.07) is -0.623. The third-order valence-electron chi connectivity index (χ3n) is 20.2. The Bertz CT molecular complexity index is 1450. The number of rotatable bonds is 81. The summed E-state index contributed by atoms with van der Waals surface area (Å²) in [6.07, 6.45) is 106. The summed E-state index contributed by atoms with van der Waals surface area (Å²) in [4.78, 5) is 24.7. The van der Waals surface area contributed by atoms with Gasteiger partial charge >= 0.3 is 5.97 Å². The Labute approximate surface area is 577 Å². The van der Waals surface area contributed by atoms with Crippen LogP contribution in [0, 0.1) is 0 Å². The Balaban J connectivity index is 3.29. The van der Waals surface area contributed by atoms with Crippen LogP contribution in [0.3, 0.4) is 0 Å². The van der Waals surface area contributed by atoms with Gasteiger partial charge in [0.2, 0.25) is 5.91 Å². The molecule has 6 heteroatoms. The molecule has 0 aliphatic rings. The molecule has 0 aliphatic carbocycles. The maximum Gasteiger partial charge on any atom is 0.305 e. The molecule has 3 N–H and O–H groups in total. The van der Waals surface area contributed by atoms with E-state index in [1.807, 2.05) is 6.08 Å². The molecule has 2 atom stereocenters. The fourth-order valence-electron chi connectivity index (χ4n) is 13.8. The predicted molar refractivity (Wildman–Crippen MR) is 407 cm³/mol. The van der Waals surface area contributed by atoms with Crippen LogP contribution in [-0.2, 0) is 14.3 Å². The Morgan fingerprint density at radius 3 is 0.772 bits per heavy atom. The Morgan fingerprint density at radius 2 is 0.511 bits per heavy atom. The maximum atomic E-state index is 12.5. The first-order valence-electron chi connectivity index (χ1n) is 42.6. The second-order valence-corrected chi connectivity index (χ2v) is 29.5. The molecule has 0 radical (unpaired) electrons. The summed E-state index contributed by atoms with van der Waals surface area (Å²) in [6.45, 7) is 4.96. The number of carbonyl (C=O) groups is 2. The van der Waals surface area contributed by atoms with Crippen LogP contribution in [0.15, 0.2) is 24.3 Å². The lowest BCUT2D eigenvalue weighted by Gasteiger charge is -2.20. The molecule has 0 aromatic rings. The summed E-state index contributed by atoms with van der Waals surface area (Å²) in [7, 11) is 0. The number of allylic oxidation sites excluding steroid dienone is 3. The SMILES string of the molecule is CCCCCCCC/C=C\CCCCCCCCCCCC(=O)OCCCCCCCCCCCCCCCCCCCCCCCCCCCCCCCCCCCCCCCCCC(=O)NC(CO)C(O)/C=C/CCCCCCCCCCCCCCCCC. The molecule has 0 aromatic carbocycles. The number of amides is 1. The van der Waals surface area contributed by atoms with Gasteiger partial charge in [-0.15, -0.1) is 0 Å². The molecule has 0 saturated carbocycles. The van der Waals surface area contributed by atoms with Crippen molar-refractivity contribution in [3.8, 4) is 0 Å². The standard InChI is InChI=1S/C86H167NO5/c1-3-5-7-9-11-13-15-17-19-21-43-48-52-56-60-64-68-72-76-80-86(91)92-81-77-73-69-65-61-57-53-49-45-42-40-38-36-34-32-30-28-26-24-22-23-25-27-29-31-33-35-37-39-41-44-47-51-55-59-63-67-71-75-79-85(90)87-83(82-88)84(89)78-74-70-66-62-58-54-50-46-20-18-16-14-12-10-8-6-4-2/h17,19,74,78,83-84,88-89H,3-16,18,20-73,75-77,79-82H2,1-2H3,(H,87,90)/b19-17-,78-74+. The van der Waals surface area contributed by atoms with Crippen molar-refractivity contribution in [1.29, 1.82) is 0 Å². The van der Waals surface area contributed by atoms with E-state index in [-0.39, 0.29) is 18.5 Å². The van der Waals surface area contributed by atoms with Gasteiger partial charge in [-0.1, -0.05) is 443 Å². The number of unbranched alkanes of at least 4 members (excludes halogenated alkanes) is 68. The first-order valence-corrected chi connectivity index (χ1v) is 42.6. The highest BCUT2D eigenvalue weighted by Crippen LogP contribution is 2.21. The molecule has 0 aromatic heterocycles. The minimum atomic E-state index is -0.840. The first-order chi connectivity index (χ1) is 45.5. The van der Waals surface area contributed by atoms with Gasteiger partial charge in [-0.3, -0.25) is 9.59 Å². The van der Waals surface area contributed by atoms with Crippen molar-refractivity contribution < 1.29 is 24.5 Å². The zero-order valence-electron chi connectivity index (χ0n) is 62.8. The van der Waals surface area contributed by atoms with Gasteiger partial charge < -0.3 is 20.3 Å². The monoisotopic (exact) mass is 1290 g/mol. The van der Waals surface area contributed by atoms with Gasteiger partial charge in [-0.05, 0) is 57.8 Å². The van der Waals surface area contributed by atoms with Crippen molar-refractivity contribution in [3.05, 3.63) is 24.3 Å². The zero-order chi connectivity index (χ0) is 66.3. The summed E-state index contributed by atoms with van der Waals surface area (Å²) in [5.41, 5.74) is 0. The molecule has 0 bridgehead atoms. The molecule has 0 spiro atoms. The van der Waals surface area contributed by atoms with Crippen molar-refractivity contribution in [1.82, 2.24) is 5.32 Å². The third-order valence-corrected chi connectivity index (χ3v) is 20.2. The highest BCUT2D eigenvalue weighted by atomic mass is 16.5. The number of esters is 1. The van der Waals surface area contributed by atoms with E-state index in [4.69, 9.17) is 4.74 Å². The van der Waals surface area contributed by atoms with Crippen molar-refractivity contribution in [2.45, 2.75) is 501 Å². The Morgan fingerprint density at radius 1 is 0.293 bits per heavy atom. The lowest BCUT2D eigenvalue weighted by atomic mass is 10.0. The van der Waals surface area contributed by atoms with Crippen molar-refractivity contribution in [2.24, 2.45) is 0 Å². The zero-order valence-corrected chi connectivity index (χ0v) is 62.8. The smallest absolute Gasteiger partial charge is 0.305 e. The predicted octanol–water partition coefficient (Wildman–Crippen LogP) is 28.4. The molecule has 6 nitrogen and oxygen atoms in total. The second kappa shape index (κ2) is 81.8. The molecular weight excluding hydrogens is 1130 g/mol. The van der Waals surface area contributed by atoms with Gasteiger partial charge in [0, 0.05) is 12.8 Å². The molecular formula is C86H167NO5. The lowest BCUT2D eigenvalue weighted by Crippen LogP contribution is -2.45. The lowest BCUT2D eigenvalue weighted by molar-refractivity contribution is -0.143. The van der Waals surface area contributed by atoms with E-state index in [1.165, 1.54) is 424 Å². The molecule has 92 heavy (non-hydrogen) atoms. The van der Waals surface area contributed by atoms with E-state index in [9.17, 15) is 19.8 Å². The van der Waals surface area contributed by atoms with E-state index in [2.05, 4.69) is 31.3 Å². The Kier molecular flexibility index (Phi) is 80.3. The number of ether oxygens (including phenoxy) is 1. The highest BCUT2D eigenvalue weighted by molar-refractivity contribution is 5.76. The van der Waals surface area contributed by atoms with E-state index in [0.717, 1.165) is 38.5 Å². The van der Waals surface area contributed by atoms with E-state index < -0.39 is 12.1 Å². The first kappa shape index (κ1) is 90.3. The molecule has 0 aliphatic heterocycles. The molecule has 0 heterocycles. The van der Waals surface area contributed by atoms with Gasteiger partial charge in [-0.2, -0.15) is 0 Å². The molecule has 0 fully saturated rings. The average Bonchev–Trinajstić information content (AvgIpc) is 3.60. The van der Waals surface area contributed by atoms with Crippen LogP contribution in [0.4, 0.5) is 0 Å². The number of hydrogen-bond donors (Lipinski definition) is 3. The summed E-state index contributed by atoms with van der Waals surface area (Å²) in [5, 5.41) is 23.2. The molecule has 0 saturated heterocycles. The van der Waals surface area contributed by atoms with E-state index in [0.29, 0.717) is 19.4 Å². The molecule has 1 amide bonds. The van der Waals surface area contributed by atoms with Gasteiger partial charge in [0.25, 0.3) is 0 Å². The fraction of sp³-hybridized carbons (Fsp3) is 0.930. The van der Waals surface area contributed by atoms with Gasteiger partial charge in [0.1, 0.15) is 0 Å². The van der Waals surface area contributed by atoms with Crippen LogP contribution in [0.1, 0.15) is 489 Å². The van der Waals surface area contributed by atoms with Gasteiger partial charge in [-0.25, -0.2) is 0 Å². The van der Waals surface area contributed by atoms with Crippen LogP contribution in [0.25, 0.3) is 0 Å². The van der Waals surface area contributed by atoms with Crippen LogP contribution in [0.5, 0.6) is 0 Å². The second-order valence-electron chi connectivity index (χ2n) is 29.5. The number of carbonyl (C=O) groups excluding carboxylic acids is 2. The number of aliphatic hydroxyl groups excluding tert-OH is 2. The van der Waals surface area contributed by atoms with Gasteiger partial charge in [0.15, 0.2) is 0 Å². The van der Waals surface area contributed by atoms with Gasteiger partial charge in [0.05, 0.1) is 25.4 Å². The van der Waals surface area contributed by atoms with Crippen molar-refractivity contribution in [3.63, 3.8) is 0 Å². The summed E-state index contributed by atoms with van der Waals surface area (Å²) in [5.74, 6) is -0.0331. The van der Waals surface area contributed by atoms with Crippen LogP contribution >= 0.6 is 0 Å². The number of aliphatic hydroxyl groups is 2. The Hall–Kier alpha value is -1.66. The maximum absolute atomic E-state index is 12.5. The summed E-state index contributed by atoms with van der Waals surface area (Å²) < 4.78 is 5.52. The van der Waals surface area contributed by atoms with Crippen LogP contribution in [-0.4, -0.2) is 47.4 Å². The quantitative estimate of drug-likeness (QED) is 0.0320. The molecule has 0 rings (SSSR count). The van der Waals surface area contributed by atoms with E-state index in [1.54, 1.807) is 6.08 Å². The fourth-order valence-corrected chi connectivity index (χ4v) is 13.8. The topological polar surface area (TPSA) is 95.9 Å². The summed E-state index contributed by atoms with van der Waals surface area (Å²) >= 11 is 0. The number of nitrogens with one attached hydrogen (secondary N) is 1.